The summed E-state index contributed by atoms with van der Waals surface area (Å²) in [5.74, 6) is 0.996. The number of hydrogen-bond acceptors (Lipinski definition) is 3. The van der Waals surface area contributed by atoms with Crippen LogP contribution in [0.25, 0.3) is 0 Å². The Hall–Kier alpha value is -1.39. The van der Waals surface area contributed by atoms with Crippen molar-refractivity contribution >= 4 is 5.91 Å². The lowest BCUT2D eigenvalue weighted by atomic mass is 9.84. The highest BCUT2D eigenvalue weighted by Gasteiger charge is 2.44. The van der Waals surface area contributed by atoms with Crippen molar-refractivity contribution in [3.63, 3.8) is 0 Å². The van der Waals surface area contributed by atoms with Gasteiger partial charge in [0.05, 0.1) is 25.3 Å². The van der Waals surface area contributed by atoms with E-state index in [-0.39, 0.29) is 6.04 Å². The monoisotopic (exact) mass is 286 g/mol. The molecular formula is C17H22N2O2. The van der Waals surface area contributed by atoms with Gasteiger partial charge >= 0.3 is 0 Å². The summed E-state index contributed by atoms with van der Waals surface area (Å²) in [6, 6.07) is 10.9. The molecule has 21 heavy (non-hydrogen) atoms. The Balaban J connectivity index is 1.50. The van der Waals surface area contributed by atoms with Gasteiger partial charge in [0.1, 0.15) is 0 Å². The third-order valence-corrected chi connectivity index (χ3v) is 5.13. The van der Waals surface area contributed by atoms with Crippen molar-refractivity contribution in [1.29, 1.82) is 0 Å². The van der Waals surface area contributed by atoms with Gasteiger partial charge in [-0.05, 0) is 30.9 Å². The highest BCUT2D eigenvalue weighted by Crippen LogP contribution is 2.33. The Morgan fingerprint density at radius 3 is 2.71 bits per heavy atom. The number of carbonyl (C=O) groups is 1. The standard InChI is InChI=1S/C17H22N2O2/c20-17-16-8-14(6-7-19(16)15-11-21-12-15)10-18(17)9-13-4-2-1-3-5-13/h1-5,14-16H,6-12H2/t14-,16+/m0/s1. The molecule has 3 saturated heterocycles. The van der Waals surface area contributed by atoms with Gasteiger partial charge in [0, 0.05) is 13.1 Å². The Morgan fingerprint density at radius 1 is 1.19 bits per heavy atom. The lowest BCUT2D eigenvalue weighted by Crippen LogP contribution is -2.64. The number of ether oxygens (including phenoxy) is 1. The predicted molar refractivity (Wildman–Crippen MR) is 79.7 cm³/mol. The van der Waals surface area contributed by atoms with E-state index in [1.54, 1.807) is 0 Å². The molecule has 0 aromatic heterocycles. The fourth-order valence-corrected chi connectivity index (χ4v) is 3.88. The first-order valence-electron chi connectivity index (χ1n) is 7.97. The van der Waals surface area contributed by atoms with E-state index in [1.165, 1.54) is 12.0 Å². The van der Waals surface area contributed by atoms with Gasteiger partial charge in [0.15, 0.2) is 0 Å². The molecule has 0 unspecified atom stereocenters. The third kappa shape index (κ3) is 2.47. The quantitative estimate of drug-likeness (QED) is 0.844. The highest BCUT2D eigenvalue weighted by atomic mass is 16.5. The molecule has 4 nitrogen and oxygen atoms in total. The average molecular weight is 286 g/mol. The van der Waals surface area contributed by atoms with E-state index in [0.717, 1.165) is 39.3 Å². The summed E-state index contributed by atoms with van der Waals surface area (Å²) in [7, 11) is 0. The fourth-order valence-electron chi connectivity index (χ4n) is 3.88. The summed E-state index contributed by atoms with van der Waals surface area (Å²) < 4.78 is 5.32. The number of amides is 1. The molecule has 1 aromatic rings. The topological polar surface area (TPSA) is 32.8 Å². The van der Waals surface area contributed by atoms with E-state index in [1.807, 2.05) is 18.2 Å². The van der Waals surface area contributed by atoms with Crippen molar-refractivity contribution in [1.82, 2.24) is 9.80 Å². The number of carbonyl (C=O) groups excluding carboxylic acids is 1. The van der Waals surface area contributed by atoms with Crippen LogP contribution in [-0.2, 0) is 16.1 Å². The summed E-state index contributed by atoms with van der Waals surface area (Å²) in [5.41, 5.74) is 1.23. The van der Waals surface area contributed by atoms with Gasteiger partial charge in [0.25, 0.3) is 0 Å². The van der Waals surface area contributed by atoms with Crippen molar-refractivity contribution in [2.75, 3.05) is 26.3 Å². The van der Waals surface area contributed by atoms with Crippen LogP contribution in [0.3, 0.4) is 0 Å². The maximum Gasteiger partial charge on any atom is 0.240 e. The number of benzene rings is 1. The van der Waals surface area contributed by atoms with Gasteiger partial charge in [0.2, 0.25) is 5.91 Å². The molecule has 3 fully saturated rings. The smallest absolute Gasteiger partial charge is 0.240 e. The van der Waals surface area contributed by atoms with Crippen LogP contribution in [0.1, 0.15) is 18.4 Å². The Labute approximate surface area is 125 Å². The van der Waals surface area contributed by atoms with E-state index in [0.29, 0.717) is 17.9 Å². The normalized spacial score (nSPS) is 30.3. The van der Waals surface area contributed by atoms with Crippen LogP contribution < -0.4 is 0 Å². The Morgan fingerprint density at radius 2 is 2.00 bits per heavy atom. The van der Waals surface area contributed by atoms with Crippen LogP contribution in [0, 0.1) is 5.92 Å². The molecule has 0 saturated carbocycles. The molecular weight excluding hydrogens is 264 g/mol. The summed E-state index contributed by atoms with van der Waals surface area (Å²) in [5, 5.41) is 0. The summed E-state index contributed by atoms with van der Waals surface area (Å²) in [6.45, 7) is 4.34. The van der Waals surface area contributed by atoms with E-state index in [9.17, 15) is 4.79 Å². The van der Waals surface area contributed by atoms with Crippen LogP contribution in [0.5, 0.6) is 0 Å². The maximum absolute atomic E-state index is 12.8. The first-order valence-corrected chi connectivity index (χ1v) is 7.97. The van der Waals surface area contributed by atoms with Gasteiger partial charge in [-0.25, -0.2) is 0 Å². The zero-order valence-corrected chi connectivity index (χ0v) is 12.3. The number of piperidine rings is 2. The molecule has 112 valence electrons. The first-order chi connectivity index (χ1) is 10.3. The predicted octanol–water partition coefficient (Wildman–Crippen LogP) is 1.51. The van der Waals surface area contributed by atoms with Gasteiger partial charge in [-0.2, -0.15) is 0 Å². The zero-order chi connectivity index (χ0) is 14.2. The van der Waals surface area contributed by atoms with E-state index in [4.69, 9.17) is 4.74 Å². The zero-order valence-electron chi connectivity index (χ0n) is 12.3. The second kappa shape index (κ2) is 5.43. The summed E-state index contributed by atoms with van der Waals surface area (Å²) in [4.78, 5) is 17.3. The minimum Gasteiger partial charge on any atom is -0.378 e. The lowest BCUT2D eigenvalue weighted by Gasteiger charge is -2.50. The number of likely N-dealkylation sites (tertiary alicyclic amines) is 2. The van der Waals surface area contributed by atoms with Crippen molar-refractivity contribution in [3.8, 4) is 0 Å². The van der Waals surface area contributed by atoms with Gasteiger partial charge < -0.3 is 9.64 Å². The second-order valence-electron chi connectivity index (χ2n) is 6.54. The SMILES string of the molecule is O=C1[C@H]2C[C@H](CCN2C2COC2)CN1Cc1ccccc1. The number of fused-ring (bicyclic) bond motifs is 2. The molecule has 4 rings (SSSR count). The Kier molecular flexibility index (Phi) is 3.43. The minimum atomic E-state index is 0.0927. The van der Waals surface area contributed by atoms with E-state index in [2.05, 4.69) is 21.9 Å². The van der Waals surface area contributed by atoms with E-state index >= 15 is 0 Å². The molecule has 4 heteroatoms. The molecule has 1 amide bonds. The van der Waals surface area contributed by atoms with Crippen molar-refractivity contribution < 1.29 is 9.53 Å². The van der Waals surface area contributed by atoms with Gasteiger partial charge in [-0.3, -0.25) is 9.69 Å². The van der Waals surface area contributed by atoms with Crippen molar-refractivity contribution in [2.24, 2.45) is 5.92 Å². The third-order valence-electron chi connectivity index (χ3n) is 5.13. The van der Waals surface area contributed by atoms with Crippen LogP contribution in [0.15, 0.2) is 30.3 Å². The first kappa shape index (κ1) is 13.3. The molecule has 3 aliphatic heterocycles. The molecule has 3 aliphatic rings. The maximum atomic E-state index is 12.8. The van der Waals surface area contributed by atoms with E-state index < -0.39 is 0 Å². The molecule has 0 aliphatic carbocycles. The number of rotatable bonds is 3. The van der Waals surface area contributed by atoms with Gasteiger partial charge in [-0.15, -0.1) is 0 Å². The van der Waals surface area contributed by atoms with Crippen molar-refractivity contribution in [2.45, 2.75) is 31.5 Å². The molecule has 0 radical (unpaired) electrons. The average Bonchev–Trinajstić information content (AvgIpc) is 2.46. The molecule has 1 aromatic carbocycles. The largest absolute Gasteiger partial charge is 0.378 e. The van der Waals surface area contributed by atoms with Crippen LogP contribution >= 0.6 is 0 Å². The minimum absolute atomic E-state index is 0.0927. The fraction of sp³-hybridized carbons (Fsp3) is 0.588. The molecule has 3 heterocycles. The molecule has 0 spiro atoms. The van der Waals surface area contributed by atoms with Crippen LogP contribution in [-0.4, -0.2) is 54.1 Å². The van der Waals surface area contributed by atoms with Crippen molar-refractivity contribution in [3.05, 3.63) is 35.9 Å². The molecule has 2 atom stereocenters. The Bertz CT molecular complexity index is 515. The summed E-state index contributed by atoms with van der Waals surface area (Å²) in [6.07, 6.45) is 2.26. The summed E-state index contributed by atoms with van der Waals surface area (Å²) >= 11 is 0. The number of nitrogens with zero attached hydrogens (tertiary/aromatic N) is 2. The molecule has 0 N–H and O–H groups in total. The highest BCUT2D eigenvalue weighted by molar-refractivity contribution is 5.83. The lowest BCUT2D eigenvalue weighted by molar-refractivity contribution is -0.157. The van der Waals surface area contributed by atoms with Gasteiger partial charge in [-0.1, -0.05) is 30.3 Å². The van der Waals surface area contributed by atoms with Crippen LogP contribution in [0.2, 0.25) is 0 Å². The second-order valence-corrected chi connectivity index (χ2v) is 6.54. The number of hydrogen-bond donors (Lipinski definition) is 0. The molecule has 2 bridgehead atoms. The van der Waals surface area contributed by atoms with Crippen LogP contribution in [0.4, 0.5) is 0 Å².